The molecule has 5 N–H and O–H groups in total. The van der Waals surface area contributed by atoms with Gasteiger partial charge in [0.1, 0.15) is 5.69 Å². The molecule has 19 heavy (non-hydrogen) atoms. The highest BCUT2D eigenvalue weighted by Gasteiger charge is 2.41. The molecule has 1 aliphatic rings. The summed E-state index contributed by atoms with van der Waals surface area (Å²) in [6.07, 6.45) is 4.80. The molecule has 0 saturated heterocycles. The van der Waals surface area contributed by atoms with Gasteiger partial charge < -0.3 is 21.4 Å². The number of aliphatic hydroxyl groups excluding tert-OH is 1. The second-order valence-corrected chi connectivity index (χ2v) is 5.07. The normalized spacial score (nSPS) is 17.4. The third-order valence-electron chi connectivity index (χ3n) is 3.66. The van der Waals surface area contributed by atoms with Crippen molar-refractivity contribution in [3.05, 3.63) is 29.6 Å². The van der Waals surface area contributed by atoms with Gasteiger partial charge in [0.2, 0.25) is 0 Å². The molecule has 2 rings (SSSR count). The maximum absolute atomic E-state index is 9.01. The van der Waals surface area contributed by atoms with Crippen LogP contribution in [0.5, 0.6) is 0 Å². The van der Waals surface area contributed by atoms with Crippen molar-refractivity contribution in [2.24, 2.45) is 16.3 Å². The first kappa shape index (κ1) is 13.8. The zero-order valence-electron chi connectivity index (χ0n) is 10.8. The van der Waals surface area contributed by atoms with E-state index in [2.05, 4.69) is 15.5 Å². The lowest BCUT2D eigenvalue weighted by Gasteiger charge is -2.15. The van der Waals surface area contributed by atoms with Crippen LogP contribution in [0.25, 0.3) is 0 Å². The average molecular weight is 264 g/mol. The Labute approximate surface area is 112 Å². The lowest BCUT2D eigenvalue weighted by Crippen LogP contribution is -2.26. The van der Waals surface area contributed by atoms with Crippen LogP contribution >= 0.6 is 0 Å². The van der Waals surface area contributed by atoms with Gasteiger partial charge in [0, 0.05) is 25.9 Å². The molecule has 1 aliphatic carbocycles. The zero-order chi connectivity index (χ0) is 13.7. The number of pyridine rings is 1. The summed E-state index contributed by atoms with van der Waals surface area (Å²) in [6, 6.07) is 3.73. The predicted molar refractivity (Wildman–Crippen MR) is 71.8 cm³/mol. The van der Waals surface area contributed by atoms with Crippen LogP contribution < -0.4 is 11.1 Å². The fourth-order valence-corrected chi connectivity index (χ4v) is 2.25. The van der Waals surface area contributed by atoms with E-state index in [0.717, 1.165) is 18.5 Å². The number of hydrogen-bond donors (Lipinski definition) is 4. The Kier molecular flexibility index (Phi) is 4.34. The van der Waals surface area contributed by atoms with E-state index in [9.17, 15) is 0 Å². The Morgan fingerprint density at radius 2 is 2.32 bits per heavy atom. The van der Waals surface area contributed by atoms with E-state index >= 15 is 0 Å². The molecule has 1 heterocycles. The van der Waals surface area contributed by atoms with Crippen LogP contribution in [0.4, 0.5) is 0 Å². The first-order valence-corrected chi connectivity index (χ1v) is 6.44. The van der Waals surface area contributed by atoms with Gasteiger partial charge in [0.15, 0.2) is 5.84 Å². The molecule has 0 atom stereocenters. The summed E-state index contributed by atoms with van der Waals surface area (Å²) in [5.74, 6) is 0.0221. The largest absolute Gasteiger partial charge is 0.409 e. The molecule has 0 aliphatic heterocycles. The number of nitrogens with zero attached hydrogens (tertiary/aromatic N) is 2. The molecule has 0 radical (unpaired) electrons. The Morgan fingerprint density at radius 3 is 2.95 bits per heavy atom. The number of aromatic nitrogens is 1. The molecule has 1 saturated carbocycles. The lowest BCUT2D eigenvalue weighted by molar-refractivity contribution is 0.245. The molecule has 6 heteroatoms. The molecule has 0 unspecified atom stereocenters. The second-order valence-electron chi connectivity index (χ2n) is 5.07. The van der Waals surface area contributed by atoms with Crippen LogP contribution in [0.2, 0.25) is 0 Å². The van der Waals surface area contributed by atoms with Crippen LogP contribution in [0.3, 0.4) is 0 Å². The van der Waals surface area contributed by atoms with E-state index in [1.54, 1.807) is 6.20 Å². The number of amidine groups is 1. The minimum Gasteiger partial charge on any atom is -0.409 e. The van der Waals surface area contributed by atoms with E-state index in [1.165, 1.54) is 12.8 Å². The summed E-state index contributed by atoms with van der Waals surface area (Å²) in [6.45, 7) is 1.73. The molecular formula is C13H20N4O2. The van der Waals surface area contributed by atoms with E-state index in [1.807, 2.05) is 12.1 Å². The average Bonchev–Trinajstić information content (AvgIpc) is 3.19. The monoisotopic (exact) mass is 264 g/mol. The highest BCUT2D eigenvalue weighted by atomic mass is 16.4. The van der Waals surface area contributed by atoms with Crippen molar-refractivity contribution in [2.75, 3.05) is 13.2 Å². The fraction of sp³-hybridized carbons (Fsp3) is 0.538. The molecule has 0 amide bonds. The van der Waals surface area contributed by atoms with Crippen molar-refractivity contribution in [1.82, 2.24) is 10.3 Å². The van der Waals surface area contributed by atoms with Crippen molar-refractivity contribution in [3.8, 4) is 0 Å². The molecule has 1 aromatic heterocycles. The second kappa shape index (κ2) is 5.99. The number of nitrogens with one attached hydrogen (secondary N) is 1. The first-order chi connectivity index (χ1) is 9.21. The van der Waals surface area contributed by atoms with Crippen LogP contribution in [0, 0.1) is 5.41 Å². The topological polar surface area (TPSA) is 104 Å². The summed E-state index contributed by atoms with van der Waals surface area (Å²) >= 11 is 0. The third-order valence-corrected chi connectivity index (χ3v) is 3.66. The lowest BCUT2D eigenvalue weighted by atomic mass is 10.0. The minimum atomic E-state index is 0.0221. The van der Waals surface area contributed by atoms with E-state index in [-0.39, 0.29) is 17.9 Å². The Balaban J connectivity index is 1.93. The van der Waals surface area contributed by atoms with E-state index in [4.69, 9.17) is 16.0 Å². The van der Waals surface area contributed by atoms with Gasteiger partial charge in [-0.05, 0) is 36.3 Å². The van der Waals surface area contributed by atoms with Gasteiger partial charge in [-0.2, -0.15) is 0 Å². The summed E-state index contributed by atoms with van der Waals surface area (Å²) < 4.78 is 0. The molecule has 0 aromatic carbocycles. The van der Waals surface area contributed by atoms with Crippen molar-refractivity contribution in [2.45, 2.75) is 25.8 Å². The quantitative estimate of drug-likeness (QED) is 0.247. The molecule has 104 valence electrons. The van der Waals surface area contributed by atoms with Crippen molar-refractivity contribution in [1.29, 1.82) is 0 Å². The van der Waals surface area contributed by atoms with Crippen LogP contribution in [-0.2, 0) is 6.54 Å². The highest BCUT2D eigenvalue weighted by molar-refractivity contribution is 5.96. The van der Waals surface area contributed by atoms with Gasteiger partial charge in [-0.1, -0.05) is 11.2 Å². The van der Waals surface area contributed by atoms with Gasteiger partial charge in [-0.15, -0.1) is 0 Å². The number of oxime groups is 1. The number of aliphatic hydroxyl groups is 1. The van der Waals surface area contributed by atoms with E-state index in [0.29, 0.717) is 12.2 Å². The van der Waals surface area contributed by atoms with Crippen molar-refractivity contribution >= 4 is 5.84 Å². The first-order valence-electron chi connectivity index (χ1n) is 6.44. The SMILES string of the molecule is N/C(=N/O)c1ncccc1CNCC1(CCO)CC1. The van der Waals surface area contributed by atoms with Crippen LogP contribution in [-0.4, -0.2) is 34.3 Å². The minimum absolute atomic E-state index is 0.0221. The predicted octanol–water partition coefficient (Wildman–Crippen LogP) is 0.428. The Bertz CT molecular complexity index is 458. The molecule has 0 bridgehead atoms. The fourth-order valence-electron chi connectivity index (χ4n) is 2.25. The van der Waals surface area contributed by atoms with Gasteiger partial charge in [-0.3, -0.25) is 4.98 Å². The molecule has 1 fully saturated rings. The van der Waals surface area contributed by atoms with Crippen LogP contribution in [0.1, 0.15) is 30.5 Å². The Hall–Kier alpha value is -1.66. The number of hydrogen-bond acceptors (Lipinski definition) is 5. The molecule has 0 spiro atoms. The number of rotatable bonds is 7. The third kappa shape index (κ3) is 3.42. The zero-order valence-corrected chi connectivity index (χ0v) is 10.8. The summed E-state index contributed by atoms with van der Waals surface area (Å²) in [5.41, 5.74) is 7.27. The van der Waals surface area contributed by atoms with Gasteiger partial charge in [0.25, 0.3) is 0 Å². The maximum atomic E-state index is 9.01. The molecule has 6 nitrogen and oxygen atoms in total. The van der Waals surface area contributed by atoms with Crippen molar-refractivity contribution < 1.29 is 10.3 Å². The summed E-state index contributed by atoms with van der Waals surface area (Å²) in [7, 11) is 0. The van der Waals surface area contributed by atoms with Gasteiger partial charge in [0.05, 0.1) is 0 Å². The standard InChI is InChI=1S/C13H20N4O2/c14-12(17-19)11-10(2-1-6-16-11)8-15-9-13(3-4-13)5-7-18/h1-2,6,15,18-19H,3-5,7-9H2,(H2,14,17). The van der Waals surface area contributed by atoms with Gasteiger partial charge in [-0.25, -0.2) is 0 Å². The summed E-state index contributed by atoms with van der Waals surface area (Å²) in [5, 5.41) is 24.1. The number of nitrogens with two attached hydrogens (primary N) is 1. The van der Waals surface area contributed by atoms with Crippen LogP contribution in [0.15, 0.2) is 23.5 Å². The molecule has 1 aromatic rings. The van der Waals surface area contributed by atoms with Crippen molar-refractivity contribution in [3.63, 3.8) is 0 Å². The van der Waals surface area contributed by atoms with E-state index < -0.39 is 0 Å². The molecular weight excluding hydrogens is 244 g/mol. The summed E-state index contributed by atoms with van der Waals surface area (Å²) in [4.78, 5) is 4.12. The highest BCUT2D eigenvalue weighted by Crippen LogP contribution is 2.47. The Morgan fingerprint density at radius 1 is 1.53 bits per heavy atom. The maximum Gasteiger partial charge on any atom is 0.189 e. The van der Waals surface area contributed by atoms with Gasteiger partial charge >= 0.3 is 0 Å². The smallest absolute Gasteiger partial charge is 0.189 e.